The standard InChI is InChI=1S/C13H19O3/c1-8(14)16-12(15)13-5-9-2-10(6-13)4-11(3-9)7-13/h8-11H,2-7H2,1H3. The lowest BCUT2D eigenvalue weighted by atomic mass is 9.49. The molecule has 0 heterocycles. The molecular formula is C13H19O3. The van der Waals surface area contributed by atoms with Crippen molar-refractivity contribution in [3.8, 4) is 0 Å². The summed E-state index contributed by atoms with van der Waals surface area (Å²) in [6, 6.07) is 0. The molecular weight excluding hydrogens is 204 g/mol. The first-order chi connectivity index (χ1) is 7.57. The maximum atomic E-state index is 12.1. The fourth-order valence-corrected chi connectivity index (χ4v) is 4.64. The van der Waals surface area contributed by atoms with Crippen molar-refractivity contribution >= 4 is 5.97 Å². The summed E-state index contributed by atoms with van der Waals surface area (Å²) in [5.74, 6) is 1.97. The number of hydrogen-bond donors (Lipinski definition) is 0. The lowest BCUT2D eigenvalue weighted by Gasteiger charge is -2.55. The van der Waals surface area contributed by atoms with E-state index in [1.54, 1.807) is 0 Å². The predicted octanol–water partition coefficient (Wildman–Crippen LogP) is 2.52. The molecule has 0 spiro atoms. The van der Waals surface area contributed by atoms with Gasteiger partial charge in [-0.05, 0) is 56.3 Å². The van der Waals surface area contributed by atoms with Crippen molar-refractivity contribution in [1.82, 2.24) is 0 Å². The fourth-order valence-electron chi connectivity index (χ4n) is 4.64. The molecule has 1 unspecified atom stereocenters. The average Bonchev–Trinajstić information content (AvgIpc) is 2.13. The molecule has 4 aliphatic rings. The Kier molecular flexibility index (Phi) is 2.29. The van der Waals surface area contributed by atoms with Crippen LogP contribution in [0.3, 0.4) is 0 Å². The second-order valence-corrected chi connectivity index (χ2v) is 6.17. The second kappa shape index (κ2) is 3.46. The molecule has 0 saturated heterocycles. The Morgan fingerprint density at radius 1 is 1.12 bits per heavy atom. The zero-order valence-corrected chi connectivity index (χ0v) is 9.78. The van der Waals surface area contributed by atoms with Crippen molar-refractivity contribution in [2.24, 2.45) is 23.2 Å². The van der Waals surface area contributed by atoms with Crippen molar-refractivity contribution < 1.29 is 14.6 Å². The van der Waals surface area contributed by atoms with Crippen LogP contribution >= 0.6 is 0 Å². The van der Waals surface area contributed by atoms with E-state index in [1.165, 1.54) is 26.2 Å². The Morgan fingerprint density at radius 3 is 1.94 bits per heavy atom. The van der Waals surface area contributed by atoms with Crippen molar-refractivity contribution in [3.63, 3.8) is 0 Å². The van der Waals surface area contributed by atoms with Crippen LogP contribution in [-0.2, 0) is 14.6 Å². The highest BCUT2D eigenvalue weighted by atomic mass is 16.6. The largest absolute Gasteiger partial charge is 0.433 e. The highest BCUT2D eigenvalue weighted by Crippen LogP contribution is 2.60. The third kappa shape index (κ3) is 1.56. The maximum Gasteiger partial charge on any atom is 0.314 e. The van der Waals surface area contributed by atoms with Gasteiger partial charge in [0.15, 0.2) is 0 Å². The molecule has 16 heavy (non-hydrogen) atoms. The van der Waals surface area contributed by atoms with Crippen LogP contribution in [0.25, 0.3) is 0 Å². The molecule has 1 atom stereocenters. The van der Waals surface area contributed by atoms with Gasteiger partial charge in [-0.1, -0.05) is 0 Å². The van der Waals surface area contributed by atoms with Gasteiger partial charge in [-0.2, -0.15) is 5.11 Å². The van der Waals surface area contributed by atoms with Gasteiger partial charge in [-0.15, -0.1) is 0 Å². The van der Waals surface area contributed by atoms with E-state index < -0.39 is 6.29 Å². The van der Waals surface area contributed by atoms with Crippen molar-refractivity contribution in [3.05, 3.63) is 0 Å². The van der Waals surface area contributed by atoms with Crippen LogP contribution < -0.4 is 0 Å². The van der Waals surface area contributed by atoms with E-state index in [9.17, 15) is 9.90 Å². The normalized spacial score (nSPS) is 46.8. The van der Waals surface area contributed by atoms with E-state index in [-0.39, 0.29) is 11.4 Å². The van der Waals surface area contributed by atoms with Gasteiger partial charge in [-0.25, -0.2) is 0 Å². The average molecular weight is 223 g/mol. The maximum absolute atomic E-state index is 12.1. The van der Waals surface area contributed by atoms with Crippen molar-refractivity contribution in [2.75, 3.05) is 0 Å². The minimum atomic E-state index is -1.21. The molecule has 3 nitrogen and oxygen atoms in total. The molecule has 4 fully saturated rings. The second-order valence-electron chi connectivity index (χ2n) is 6.17. The molecule has 3 heteroatoms. The first-order valence-corrected chi connectivity index (χ1v) is 6.44. The highest BCUT2D eigenvalue weighted by Gasteiger charge is 2.55. The number of esters is 1. The van der Waals surface area contributed by atoms with Gasteiger partial charge in [0.2, 0.25) is 6.29 Å². The monoisotopic (exact) mass is 223 g/mol. The van der Waals surface area contributed by atoms with E-state index >= 15 is 0 Å². The highest BCUT2D eigenvalue weighted by molar-refractivity contribution is 5.77. The third-order valence-corrected chi connectivity index (χ3v) is 4.74. The molecule has 0 N–H and O–H groups in total. The lowest BCUT2D eigenvalue weighted by molar-refractivity contribution is -0.199. The van der Waals surface area contributed by atoms with Gasteiger partial charge in [0, 0.05) is 6.92 Å². The first-order valence-electron chi connectivity index (χ1n) is 6.44. The summed E-state index contributed by atoms with van der Waals surface area (Å²) in [6.45, 7) is 1.40. The zero-order valence-electron chi connectivity index (χ0n) is 9.78. The molecule has 0 aromatic carbocycles. The summed E-state index contributed by atoms with van der Waals surface area (Å²) in [7, 11) is 0. The van der Waals surface area contributed by atoms with Crippen LogP contribution in [-0.4, -0.2) is 12.3 Å². The molecule has 0 aliphatic heterocycles. The minimum absolute atomic E-state index is 0.200. The molecule has 1 radical (unpaired) electrons. The Labute approximate surface area is 96.2 Å². The minimum Gasteiger partial charge on any atom is -0.433 e. The topological polar surface area (TPSA) is 46.2 Å². The summed E-state index contributed by atoms with van der Waals surface area (Å²) in [4.78, 5) is 12.1. The quantitative estimate of drug-likeness (QED) is 0.533. The summed E-state index contributed by atoms with van der Waals surface area (Å²) in [6.07, 6.45) is 5.64. The van der Waals surface area contributed by atoms with Gasteiger partial charge < -0.3 is 4.74 Å². The Morgan fingerprint density at radius 2 is 1.56 bits per heavy atom. The molecule has 0 aromatic heterocycles. The molecule has 89 valence electrons. The third-order valence-electron chi connectivity index (χ3n) is 4.74. The molecule has 0 aromatic rings. The first kappa shape index (κ1) is 10.6. The van der Waals surface area contributed by atoms with Crippen molar-refractivity contribution in [2.45, 2.75) is 51.7 Å². The fraction of sp³-hybridized carbons (Fsp3) is 0.923. The van der Waals surface area contributed by atoms with Crippen LogP contribution in [0.5, 0.6) is 0 Å². The summed E-state index contributed by atoms with van der Waals surface area (Å²) in [5, 5.41) is 11.0. The Hall–Kier alpha value is -0.570. The van der Waals surface area contributed by atoms with Crippen LogP contribution in [0, 0.1) is 23.2 Å². The number of carbonyl (C=O) groups excluding carboxylic acids is 1. The zero-order chi connectivity index (χ0) is 11.3. The van der Waals surface area contributed by atoms with Gasteiger partial charge in [-0.3, -0.25) is 4.79 Å². The predicted molar refractivity (Wildman–Crippen MR) is 56.8 cm³/mol. The smallest absolute Gasteiger partial charge is 0.314 e. The van der Waals surface area contributed by atoms with Crippen LogP contribution in [0.1, 0.15) is 45.4 Å². The molecule has 4 aliphatic carbocycles. The number of hydrogen-bond acceptors (Lipinski definition) is 2. The molecule has 4 saturated carbocycles. The summed E-state index contributed by atoms with van der Waals surface area (Å²) < 4.78 is 4.94. The van der Waals surface area contributed by atoms with Crippen LogP contribution in [0.4, 0.5) is 0 Å². The van der Waals surface area contributed by atoms with Gasteiger partial charge in [0.1, 0.15) is 0 Å². The number of ether oxygens (including phenoxy) is 1. The van der Waals surface area contributed by atoms with Crippen molar-refractivity contribution in [1.29, 1.82) is 0 Å². The van der Waals surface area contributed by atoms with Gasteiger partial charge in [0.25, 0.3) is 0 Å². The Balaban J connectivity index is 1.80. The summed E-state index contributed by atoms with van der Waals surface area (Å²) in [5.41, 5.74) is -0.270. The molecule has 4 rings (SSSR count). The van der Waals surface area contributed by atoms with Gasteiger partial charge in [0.05, 0.1) is 5.41 Å². The van der Waals surface area contributed by atoms with E-state index in [2.05, 4.69) is 0 Å². The number of carbonyl (C=O) groups is 1. The van der Waals surface area contributed by atoms with Crippen LogP contribution in [0.2, 0.25) is 0 Å². The molecule has 0 amide bonds. The SMILES string of the molecule is CC([O])OC(=O)C12CC3CC(CC(C3)C1)C2. The van der Waals surface area contributed by atoms with Crippen LogP contribution in [0.15, 0.2) is 0 Å². The Bertz CT molecular complexity index is 273. The van der Waals surface area contributed by atoms with E-state index in [4.69, 9.17) is 4.74 Å². The van der Waals surface area contributed by atoms with E-state index in [0.29, 0.717) is 0 Å². The van der Waals surface area contributed by atoms with Gasteiger partial charge >= 0.3 is 5.97 Å². The summed E-state index contributed by atoms with van der Waals surface area (Å²) >= 11 is 0. The van der Waals surface area contributed by atoms with E-state index in [1.807, 2.05) is 0 Å². The lowest BCUT2D eigenvalue weighted by Crippen LogP contribution is -2.51. The van der Waals surface area contributed by atoms with E-state index in [0.717, 1.165) is 37.0 Å². The number of rotatable bonds is 2. The molecule has 4 bridgehead atoms.